The highest BCUT2D eigenvalue weighted by molar-refractivity contribution is 5.85. The number of hydrogen-bond donors (Lipinski definition) is 0. The monoisotopic (exact) mass is 272 g/mol. The van der Waals surface area contributed by atoms with Gasteiger partial charge in [-0.3, -0.25) is 4.79 Å². The largest absolute Gasteiger partial charge is 0.380 e. The minimum atomic E-state index is -0.401. The minimum Gasteiger partial charge on any atom is -0.380 e. The Morgan fingerprint density at radius 2 is 2.20 bits per heavy atom. The van der Waals surface area contributed by atoms with E-state index in [1.54, 1.807) is 0 Å². The summed E-state index contributed by atoms with van der Waals surface area (Å²) in [6.07, 6.45) is 1.03. The molecule has 1 aliphatic heterocycles. The normalized spacial score (nSPS) is 19.2. The molecule has 1 aromatic carbocycles. The van der Waals surface area contributed by atoms with Gasteiger partial charge in [0.2, 0.25) is 5.89 Å². The lowest BCUT2D eigenvalue weighted by molar-refractivity contribution is -0.127. The van der Waals surface area contributed by atoms with Gasteiger partial charge in [0.15, 0.2) is 5.82 Å². The molecule has 0 spiro atoms. The number of rotatable bonds is 3. The zero-order valence-electron chi connectivity index (χ0n) is 11.3. The lowest BCUT2D eigenvalue weighted by Gasteiger charge is -2.17. The molecule has 1 atom stereocenters. The van der Waals surface area contributed by atoms with Gasteiger partial charge in [-0.25, -0.2) is 0 Å². The van der Waals surface area contributed by atoms with Crippen molar-refractivity contribution in [3.05, 3.63) is 47.1 Å². The molecule has 5 heteroatoms. The van der Waals surface area contributed by atoms with Gasteiger partial charge in [-0.15, -0.1) is 0 Å². The number of aryl methyl sites for hydroxylation is 1. The summed E-state index contributed by atoms with van der Waals surface area (Å²) in [6, 6.07) is 8.08. The van der Waals surface area contributed by atoms with Gasteiger partial charge in [0.1, 0.15) is 11.7 Å². The van der Waals surface area contributed by atoms with Crippen LogP contribution in [0.3, 0.4) is 0 Å². The first-order valence-electron chi connectivity index (χ1n) is 6.71. The molecule has 3 rings (SSSR count). The molecule has 2 heterocycles. The predicted octanol–water partition coefficient (Wildman–Crippen LogP) is 2.04. The summed E-state index contributed by atoms with van der Waals surface area (Å²) in [5.41, 5.74) is 2.35. The Labute approximate surface area is 116 Å². The van der Waals surface area contributed by atoms with E-state index in [9.17, 15) is 4.79 Å². The van der Waals surface area contributed by atoms with Crippen molar-refractivity contribution in [2.75, 3.05) is 13.2 Å². The number of ether oxygens (including phenoxy) is 1. The summed E-state index contributed by atoms with van der Waals surface area (Å²) < 4.78 is 10.5. The fourth-order valence-corrected chi connectivity index (χ4v) is 2.31. The van der Waals surface area contributed by atoms with Crippen LogP contribution in [0.1, 0.15) is 35.2 Å². The van der Waals surface area contributed by atoms with Crippen LogP contribution in [-0.2, 0) is 16.0 Å². The van der Waals surface area contributed by atoms with E-state index in [2.05, 4.69) is 23.1 Å². The van der Waals surface area contributed by atoms with Crippen molar-refractivity contribution in [2.24, 2.45) is 0 Å². The smallest absolute Gasteiger partial charge is 0.239 e. The van der Waals surface area contributed by atoms with Gasteiger partial charge in [0.25, 0.3) is 0 Å². The Morgan fingerprint density at radius 1 is 1.35 bits per heavy atom. The average molecular weight is 272 g/mol. The Balaban J connectivity index is 1.77. The van der Waals surface area contributed by atoms with Crippen LogP contribution >= 0.6 is 0 Å². The SMILES string of the molecule is Cc1ccccc1Cc1noc(C2COCCC2=O)n1. The molecule has 0 amide bonds. The minimum absolute atomic E-state index is 0.113. The molecular weight excluding hydrogens is 256 g/mol. The molecule has 1 aliphatic rings. The summed E-state index contributed by atoms with van der Waals surface area (Å²) >= 11 is 0. The summed E-state index contributed by atoms with van der Waals surface area (Å²) in [4.78, 5) is 16.2. The first kappa shape index (κ1) is 13.0. The van der Waals surface area contributed by atoms with E-state index in [0.29, 0.717) is 37.8 Å². The van der Waals surface area contributed by atoms with Crippen LogP contribution in [0.4, 0.5) is 0 Å². The van der Waals surface area contributed by atoms with Crippen LogP contribution in [0.5, 0.6) is 0 Å². The third kappa shape index (κ3) is 2.63. The van der Waals surface area contributed by atoms with Gasteiger partial charge in [0, 0.05) is 12.8 Å². The maximum absolute atomic E-state index is 11.8. The van der Waals surface area contributed by atoms with Crippen LogP contribution in [0.2, 0.25) is 0 Å². The average Bonchev–Trinajstić information content (AvgIpc) is 2.90. The van der Waals surface area contributed by atoms with Gasteiger partial charge < -0.3 is 9.26 Å². The maximum Gasteiger partial charge on any atom is 0.239 e. The van der Waals surface area contributed by atoms with E-state index in [1.165, 1.54) is 5.56 Å². The number of carbonyl (C=O) groups is 1. The van der Waals surface area contributed by atoms with Gasteiger partial charge in [-0.05, 0) is 18.1 Å². The molecular formula is C15H16N2O3. The third-order valence-electron chi connectivity index (χ3n) is 3.56. The molecule has 1 unspecified atom stereocenters. The molecule has 0 radical (unpaired) electrons. The first-order valence-corrected chi connectivity index (χ1v) is 6.71. The summed E-state index contributed by atoms with van der Waals surface area (Å²) in [5.74, 6) is 0.690. The van der Waals surface area contributed by atoms with Gasteiger partial charge >= 0.3 is 0 Å². The molecule has 104 valence electrons. The number of carbonyl (C=O) groups excluding carboxylic acids is 1. The fraction of sp³-hybridized carbons (Fsp3) is 0.400. The molecule has 0 saturated carbocycles. The van der Waals surface area contributed by atoms with Crippen molar-refractivity contribution in [3.8, 4) is 0 Å². The Bertz CT molecular complexity index is 621. The summed E-state index contributed by atoms with van der Waals surface area (Å²) in [5, 5.41) is 3.97. The van der Waals surface area contributed by atoms with Crippen molar-refractivity contribution in [1.82, 2.24) is 10.1 Å². The summed E-state index contributed by atoms with van der Waals surface area (Å²) in [6.45, 7) is 2.87. The molecule has 5 nitrogen and oxygen atoms in total. The van der Waals surface area contributed by atoms with Crippen molar-refractivity contribution in [3.63, 3.8) is 0 Å². The maximum atomic E-state index is 11.8. The number of benzene rings is 1. The molecule has 0 N–H and O–H groups in total. The number of Topliss-reactive ketones (excluding diaryl/α,β-unsaturated/α-hetero) is 1. The summed E-state index contributed by atoms with van der Waals surface area (Å²) in [7, 11) is 0. The molecule has 1 fully saturated rings. The molecule has 1 aromatic heterocycles. The topological polar surface area (TPSA) is 65.2 Å². The van der Waals surface area contributed by atoms with E-state index in [4.69, 9.17) is 9.26 Å². The van der Waals surface area contributed by atoms with Crippen LogP contribution in [0, 0.1) is 6.92 Å². The molecule has 0 bridgehead atoms. The highest BCUT2D eigenvalue weighted by Crippen LogP contribution is 2.21. The second-order valence-electron chi connectivity index (χ2n) is 5.00. The van der Waals surface area contributed by atoms with E-state index in [1.807, 2.05) is 18.2 Å². The quantitative estimate of drug-likeness (QED) is 0.855. The Hall–Kier alpha value is -2.01. The van der Waals surface area contributed by atoms with Crippen molar-refractivity contribution in [1.29, 1.82) is 0 Å². The first-order chi connectivity index (χ1) is 9.74. The Kier molecular flexibility index (Phi) is 3.60. The zero-order valence-corrected chi connectivity index (χ0v) is 11.3. The van der Waals surface area contributed by atoms with Crippen molar-refractivity contribution >= 4 is 5.78 Å². The third-order valence-corrected chi connectivity index (χ3v) is 3.56. The van der Waals surface area contributed by atoms with E-state index in [0.717, 1.165) is 5.56 Å². The van der Waals surface area contributed by atoms with Crippen molar-refractivity contribution in [2.45, 2.75) is 25.7 Å². The highest BCUT2D eigenvalue weighted by Gasteiger charge is 2.29. The zero-order chi connectivity index (χ0) is 13.9. The van der Waals surface area contributed by atoms with E-state index in [-0.39, 0.29) is 5.78 Å². The molecule has 2 aromatic rings. The molecule has 1 saturated heterocycles. The number of nitrogens with zero attached hydrogens (tertiary/aromatic N) is 2. The van der Waals surface area contributed by atoms with Gasteiger partial charge in [0.05, 0.1) is 13.2 Å². The van der Waals surface area contributed by atoms with Crippen LogP contribution < -0.4 is 0 Å². The highest BCUT2D eigenvalue weighted by atomic mass is 16.5. The van der Waals surface area contributed by atoms with Crippen LogP contribution in [0.15, 0.2) is 28.8 Å². The van der Waals surface area contributed by atoms with E-state index < -0.39 is 5.92 Å². The predicted molar refractivity (Wildman–Crippen MR) is 71.5 cm³/mol. The lowest BCUT2D eigenvalue weighted by atomic mass is 10.0. The number of hydrogen-bond acceptors (Lipinski definition) is 5. The second kappa shape index (κ2) is 5.54. The molecule has 20 heavy (non-hydrogen) atoms. The second-order valence-corrected chi connectivity index (χ2v) is 5.00. The fourth-order valence-electron chi connectivity index (χ4n) is 2.31. The number of aromatic nitrogens is 2. The standard InChI is InChI=1S/C15H16N2O3/c1-10-4-2-3-5-11(10)8-14-16-15(20-17-14)12-9-19-7-6-13(12)18/h2-5,12H,6-9H2,1H3. The lowest BCUT2D eigenvalue weighted by Crippen LogP contribution is -2.25. The van der Waals surface area contributed by atoms with Gasteiger partial charge in [-0.1, -0.05) is 29.4 Å². The van der Waals surface area contributed by atoms with Crippen LogP contribution in [0.25, 0.3) is 0 Å². The Morgan fingerprint density at radius 3 is 3.00 bits per heavy atom. The van der Waals surface area contributed by atoms with Crippen LogP contribution in [-0.4, -0.2) is 29.1 Å². The van der Waals surface area contributed by atoms with Gasteiger partial charge in [-0.2, -0.15) is 4.98 Å². The number of ketones is 1. The molecule has 0 aliphatic carbocycles. The van der Waals surface area contributed by atoms with E-state index >= 15 is 0 Å². The van der Waals surface area contributed by atoms with Crippen molar-refractivity contribution < 1.29 is 14.1 Å².